The van der Waals surface area contributed by atoms with Crippen LogP contribution in [0, 0.1) is 12.7 Å². The summed E-state index contributed by atoms with van der Waals surface area (Å²) < 4.78 is 13.0. The van der Waals surface area contributed by atoms with Gasteiger partial charge < -0.3 is 5.32 Å². The Hall–Kier alpha value is -1.87. The molecule has 0 aliphatic heterocycles. The van der Waals surface area contributed by atoms with Crippen molar-refractivity contribution in [3.63, 3.8) is 0 Å². The molecule has 4 heteroatoms. The van der Waals surface area contributed by atoms with Crippen molar-refractivity contribution in [3.8, 4) is 0 Å². The van der Waals surface area contributed by atoms with Crippen LogP contribution in [-0.2, 0) is 0 Å². The first-order valence-corrected chi connectivity index (χ1v) is 5.77. The van der Waals surface area contributed by atoms with Crippen molar-refractivity contribution in [1.29, 1.82) is 0 Å². The van der Waals surface area contributed by atoms with E-state index in [1.807, 2.05) is 19.1 Å². The first kappa shape index (κ1) is 12.6. The van der Waals surface area contributed by atoms with Crippen molar-refractivity contribution in [2.24, 2.45) is 0 Å². The van der Waals surface area contributed by atoms with Gasteiger partial charge in [0.2, 0.25) is 0 Å². The fourth-order valence-electron chi connectivity index (χ4n) is 1.56. The molecule has 0 bridgehead atoms. The van der Waals surface area contributed by atoms with Gasteiger partial charge in [0.15, 0.2) is 0 Å². The van der Waals surface area contributed by atoms with Crippen molar-refractivity contribution in [1.82, 2.24) is 0 Å². The molecule has 0 aliphatic rings. The second-order valence-corrected chi connectivity index (χ2v) is 4.36. The molecule has 1 amide bonds. The van der Waals surface area contributed by atoms with E-state index in [9.17, 15) is 9.18 Å². The average Bonchev–Trinajstić information content (AvgIpc) is 2.34. The summed E-state index contributed by atoms with van der Waals surface area (Å²) in [5, 5.41) is 2.65. The Kier molecular flexibility index (Phi) is 3.63. The number of hydrogen-bond acceptors (Lipinski definition) is 1. The lowest BCUT2D eigenvalue weighted by molar-refractivity contribution is 0.102. The summed E-state index contributed by atoms with van der Waals surface area (Å²) >= 11 is 5.64. The Labute approximate surface area is 109 Å². The molecule has 2 rings (SSSR count). The van der Waals surface area contributed by atoms with Crippen LogP contribution in [0.1, 0.15) is 15.9 Å². The first-order valence-electron chi connectivity index (χ1n) is 5.39. The molecular formula is C14H11ClFNO. The van der Waals surface area contributed by atoms with Crippen LogP contribution in [0.3, 0.4) is 0 Å². The van der Waals surface area contributed by atoms with E-state index in [2.05, 4.69) is 5.32 Å². The zero-order chi connectivity index (χ0) is 13.1. The Balaban J connectivity index is 2.18. The van der Waals surface area contributed by atoms with Crippen LogP contribution in [-0.4, -0.2) is 5.91 Å². The number of benzene rings is 2. The van der Waals surface area contributed by atoms with E-state index in [1.54, 1.807) is 12.1 Å². The summed E-state index contributed by atoms with van der Waals surface area (Å²) in [7, 11) is 0. The van der Waals surface area contributed by atoms with Gasteiger partial charge in [0.1, 0.15) is 5.82 Å². The maximum Gasteiger partial charge on any atom is 0.255 e. The zero-order valence-electron chi connectivity index (χ0n) is 9.71. The van der Waals surface area contributed by atoms with E-state index in [-0.39, 0.29) is 10.9 Å². The third-order valence-corrected chi connectivity index (χ3v) is 2.75. The third-order valence-electron chi connectivity index (χ3n) is 2.46. The Morgan fingerprint density at radius 2 is 2.00 bits per heavy atom. The second kappa shape index (κ2) is 5.19. The van der Waals surface area contributed by atoms with Gasteiger partial charge in [0.05, 0.1) is 5.02 Å². The van der Waals surface area contributed by atoms with Gasteiger partial charge in [-0.3, -0.25) is 4.79 Å². The molecule has 2 nitrogen and oxygen atoms in total. The van der Waals surface area contributed by atoms with Crippen molar-refractivity contribution in [2.75, 3.05) is 5.32 Å². The fourth-order valence-corrected chi connectivity index (χ4v) is 1.74. The predicted octanol–water partition coefficient (Wildman–Crippen LogP) is 4.04. The van der Waals surface area contributed by atoms with Gasteiger partial charge in [-0.1, -0.05) is 29.3 Å². The molecule has 0 saturated heterocycles. The highest BCUT2D eigenvalue weighted by molar-refractivity contribution is 6.31. The van der Waals surface area contributed by atoms with Crippen LogP contribution < -0.4 is 5.32 Å². The smallest absolute Gasteiger partial charge is 0.255 e. The maximum atomic E-state index is 13.0. The molecule has 2 aromatic carbocycles. The summed E-state index contributed by atoms with van der Waals surface area (Å²) in [5.41, 5.74) is 2.02. The number of aryl methyl sites for hydroxylation is 1. The average molecular weight is 264 g/mol. The molecule has 0 unspecified atom stereocenters. The molecule has 0 fully saturated rings. The molecule has 0 atom stereocenters. The van der Waals surface area contributed by atoms with Crippen LogP contribution in [0.4, 0.5) is 10.1 Å². The molecule has 1 N–H and O–H groups in total. The standard InChI is InChI=1S/C14H11ClFNO/c1-9-3-2-4-10(7-9)14(18)17-11-5-6-13(16)12(15)8-11/h2-8H,1H3,(H,17,18). The summed E-state index contributed by atoms with van der Waals surface area (Å²) in [4.78, 5) is 11.9. The quantitative estimate of drug-likeness (QED) is 0.870. The number of amides is 1. The number of carbonyl (C=O) groups excluding carboxylic acids is 1. The van der Waals surface area contributed by atoms with Gasteiger partial charge in [-0.25, -0.2) is 4.39 Å². The summed E-state index contributed by atoms with van der Waals surface area (Å²) in [6.45, 7) is 1.91. The molecule has 0 aromatic heterocycles. The van der Waals surface area contributed by atoms with Crippen LogP contribution in [0.5, 0.6) is 0 Å². The zero-order valence-corrected chi connectivity index (χ0v) is 10.5. The minimum absolute atomic E-state index is 0.0166. The minimum atomic E-state index is -0.509. The molecule has 18 heavy (non-hydrogen) atoms. The highest BCUT2D eigenvalue weighted by atomic mass is 35.5. The number of rotatable bonds is 2. The van der Waals surface area contributed by atoms with Gasteiger partial charge in [0.25, 0.3) is 5.91 Å². The van der Waals surface area contributed by atoms with Crippen molar-refractivity contribution < 1.29 is 9.18 Å². The van der Waals surface area contributed by atoms with Gasteiger partial charge >= 0.3 is 0 Å². The lowest BCUT2D eigenvalue weighted by atomic mass is 10.1. The summed E-state index contributed by atoms with van der Waals surface area (Å²) in [5.74, 6) is -0.758. The third kappa shape index (κ3) is 2.87. The van der Waals surface area contributed by atoms with Crippen LogP contribution in [0.25, 0.3) is 0 Å². The second-order valence-electron chi connectivity index (χ2n) is 3.95. The molecule has 0 aliphatic carbocycles. The molecule has 0 radical (unpaired) electrons. The maximum absolute atomic E-state index is 13.0. The highest BCUT2D eigenvalue weighted by Gasteiger charge is 2.07. The number of hydrogen-bond donors (Lipinski definition) is 1. The normalized spacial score (nSPS) is 10.2. The van der Waals surface area contributed by atoms with Crippen LogP contribution in [0.2, 0.25) is 5.02 Å². The number of halogens is 2. The van der Waals surface area contributed by atoms with Crippen molar-refractivity contribution in [2.45, 2.75) is 6.92 Å². The summed E-state index contributed by atoms with van der Waals surface area (Å²) in [6.07, 6.45) is 0. The van der Waals surface area contributed by atoms with Gasteiger partial charge in [-0.05, 0) is 37.3 Å². The van der Waals surface area contributed by atoms with Gasteiger partial charge in [0, 0.05) is 11.3 Å². The molecule has 0 saturated carbocycles. The fraction of sp³-hybridized carbons (Fsp3) is 0.0714. The van der Waals surface area contributed by atoms with Crippen molar-refractivity contribution >= 4 is 23.2 Å². The Morgan fingerprint density at radius 1 is 1.22 bits per heavy atom. The predicted molar refractivity (Wildman–Crippen MR) is 70.5 cm³/mol. The number of carbonyl (C=O) groups is 1. The number of nitrogens with one attached hydrogen (secondary N) is 1. The monoisotopic (exact) mass is 263 g/mol. The lowest BCUT2D eigenvalue weighted by Crippen LogP contribution is -2.11. The topological polar surface area (TPSA) is 29.1 Å². The summed E-state index contributed by atoms with van der Waals surface area (Å²) in [6, 6.07) is 11.3. The Morgan fingerprint density at radius 3 is 2.67 bits per heavy atom. The molecule has 0 spiro atoms. The molecule has 2 aromatic rings. The molecule has 0 heterocycles. The molecule has 92 valence electrons. The van der Waals surface area contributed by atoms with E-state index in [0.717, 1.165) is 5.56 Å². The van der Waals surface area contributed by atoms with E-state index in [4.69, 9.17) is 11.6 Å². The van der Waals surface area contributed by atoms with Crippen molar-refractivity contribution in [3.05, 3.63) is 64.4 Å². The van der Waals surface area contributed by atoms with Gasteiger partial charge in [-0.15, -0.1) is 0 Å². The molecular weight excluding hydrogens is 253 g/mol. The van der Waals surface area contributed by atoms with E-state index in [1.165, 1.54) is 18.2 Å². The first-order chi connectivity index (χ1) is 8.56. The van der Waals surface area contributed by atoms with E-state index < -0.39 is 5.82 Å². The van der Waals surface area contributed by atoms with E-state index in [0.29, 0.717) is 11.3 Å². The van der Waals surface area contributed by atoms with E-state index >= 15 is 0 Å². The lowest BCUT2D eigenvalue weighted by Gasteiger charge is -2.06. The highest BCUT2D eigenvalue weighted by Crippen LogP contribution is 2.20. The Bertz CT molecular complexity index is 598. The largest absolute Gasteiger partial charge is 0.322 e. The minimum Gasteiger partial charge on any atom is -0.322 e. The SMILES string of the molecule is Cc1cccc(C(=O)Nc2ccc(F)c(Cl)c2)c1. The van der Waals surface area contributed by atoms with Crippen LogP contribution in [0.15, 0.2) is 42.5 Å². The number of anilines is 1. The van der Waals surface area contributed by atoms with Gasteiger partial charge in [-0.2, -0.15) is 0 Å². The van der Waals surface area contributed by atoms with Crippen LogP contribution >= 0.6 is 11.6 Å².